The first-order valence-electron chi connectivity index (χ1n) is 5.29. The number of anilines is 1. The van der Waals surface area contributed by atoms with Crippen molar-refractivity contribution in [3.8, 4) is 0 Å². The van der Waals surface area contributed by atoms with E-state index in [0.29, 0.717) is 5.95 Å². The average Bonchev–Trinajstić information content (AvgIpc) is 2.91. The Balaban J connectivity index is 1.81. The lowest BCUT2D eigenvalue weighted by molar-refractivity contribution is -0.208. The van der Waals surface area contributed by atoms with Crippen LogP contribution in [0.3, 0.4) is 0 Å². The first-order chi connectivity index (χ1) is 8.10. The van der Waals surface area contributed by atoms with Gasteiger partial charge in [-0.15, -0.1) is 0 Å². The summed E-state index contributed by atoms with van der Waals surface area (Å²) in [5.41, 5.74) is 0.742. The molecule has 0 amide bonds. The van der Waals surface area contributed by atoms with Crippen LogP contribution in [0.25, 0.3) is 0 Å². The van der Waals surface area contributed by atoms with Gasteiger partial charge in [-0.2, -0.15) is 4.37 Å². The van der Waals surface area contributed by atoms with Gasteiger partial charge < -0.3 is 25.0 Å². The second-order valence-corrected chi connectivity index (χ2v) is 5.07. The minimum atomic E-state index is -1.00. The van der Waals surface area contributed by atoms with Crippen molar-refractivity contribution in [2.45, 2.75) is 37.1 Å². The summed E-state index contributed by atoms with van der Waals surface area (Å²) in [5.74, 6) is 0.397. The van der Waals surface area contributed by atoms with Crippen LogP contribution >= 0.6 is 11.5 Å². The van der Waals surface area contributed by atoms with Crippen molar-refractivity contribution < 1.29 is 19.7 Å². The summed E-state index contributed by atoms with van der Waals surface area (Å²) >= 11 is 1.20. The zero-order valence-corrected chi connectivity index (χ0v) is 9.92. The van der Waals surface area contributed by atoms with Crippen LogP contribution in [0.5, 0.6) is 0 Å². The highest BCUT2D eigenvalue weighted by molar-refractivity contribution is 7.03. The normalized spacial score (nSPS) is 44.9. The summed E-state index contributed by atoms with van der Waals surface area (Å²) in [7, 11) is 0. The molecule has 2 bridgehead atoms. The standard InChI is InChI=1S/C9H13N3O4S/c1-9-2-15-7(16-9)4(5(13)6(9)14)11-8-10-3-17-12-8/h3-7,13-14H,2H2,1H3,(H,11,12)/t4-,5+,6+,7-,9-/m0/s1. The average molecular weight is 259 g/mol. The summed E-state index contributed by atoms with van der Waals surface area (Å²) in [5, 5.41) is 23.0. The molecule has 0 unspecified atom stereocenters. The van der Waals surface area contributed by atoms with Crippen molar-refractivity contribution in [2.75, 3.05) is 11.9 Å². The third kappa shape index (κ3) is 1.72. The number of rotatable bonds is 2. The van der Waals surface area contributed by atoms with Crippen LogP contribution in [0, 0.1) is 0 Å². The van der Waals surface area contributed by atoms with Crippen molar-refractivity contribution >= 4 is 17.5 Å². The first-order valence-corrected chi connectivity index (χ1v) is 6.12. The number of hydrogen-bond acceptors (Lipinski definition) is 8. The van der Waals surface area contributed by atoms with Gasteiger partial charge in [0.2, 0.25) is 5.95 Å². The zero-order valence-electron chi connectivity index (χ0n) is 9.11. The molecule has 1 aromatic heterocycles. The molecule has 1 aromatic rings. The summed E-state index contributed by atoms with van der Waals surface area (Å²) < 4.78 is 15.0. The minimum absolute atomic E-state index is 0.262. The van der Waals surface area contributed by atoms with Crippen LogP contribution in [0.15, 0.2) is 5.51 Å². The van der Waals surface area contributed by atoms with Crippen molar-refractivity contribution in [3.63, 3.8) is 0 Å². The third-order valence-corrected chi connectivity index (χ3v) is 3.66. The Hall–Kier alpha value is -0.800. The molecule has 3 heterocycles. The number of nitrogens with one attached hydrogen (secondary N) is 1. The number of aromatic nitrogens is 2. The van der Waals surface area contributed by atoms with E-state index < -0.39 is 30.1 Å². The van der Waals surface area contributed by atoms with Gasteiger partial charge in [0, 0.05) is 0 Å². The Morgan fingerprint density at radius 3 is 3.12 bits per heavy atom. The summed E-state index contributed by atoms with van der Waals surface area (Å²) in [6, 6.07) is -0.574. The van der Waals surface area contributed by atoms with Gasteiger partial charge >= 0.3 is 0 Å². The van der Waals surface area contributed by atoms with E-state index in [-0.39, 0.29) is 6.61 Å². The topological polar surface area (TPSA) is 96.7 Å². The van der Waals surface area contributed by atoms with Crippen LogP contribution in [0.4, 0.5) is 5.95 Å². The maximum atomic E-state index is 10.1. The van der Waals surface area contributed by atoms with Gasteiger partial charge in [0.05, 0.1) is 6.61 Å². The molecular formula is C9H13N3O4S. The lowest BCUT2D eigenvalue weighted by Crippen LogP contribution is -2.61. The van der Waals surface area contributed by atoms with Gasteiger partial charge in [-0.3, -0.25) is 0 Å². The van der Waals surface area contributed by atoms with Crippen molar-refractivity contribution in [3.05, 3.63) is 5.51 Å². The predicted molar refractivity (Wildman–Crippen MR) is 58.6 cm³/mol. The zero-order chi connectivity index (χ0) is 12.0. The van der Waals surface area contributed by atoms with Gasteiger partial charge in [0.1, 0.15) is 29.4 Å². The van der Waals surface area contributed by atoms with Crippen molar-refractivity contribution in [1.82, 2.24) is 9.36 Å². The first kappa shape index (κ1) is 11.3. The molecule has 0 radical (unpaired) electrons. The molecule has 17 heavy (non-hydrogen) atoms. The van der Waals surface area contributed by atoms with Gasteiger partial charge in [-0.1, -0.05) is 0 Å². The highest BCUT2D eigenvalue weighted by Gasteiger charge is 2.56. The summed E-state index contributed by atoms with van der Waals surface area (Å²) in [4.78, 5) is 3.96. The molecule has 8 heteroatoms. The van der Waals surface area contributed by atoms with E-state index in [1.54, 1.807) is 12.4 Å². The lowest BCUT2D eigenvalue weighted by atomic mass is 9.89. The molecule has 2 saturated heterocycles. The Kier molecular flexibility index (Phi) is 2.56. The van der Waals surface area contributed by atoms with E-state index in [1.807, 2.05) is 0 Å². The van der Waals surface area contributed by atoms with Crippen LogP contribution in [0.2, 0.25) is 0 Å². The Morgan fingerprint density at radius 1 is 1.59 bits per heavy atom. The van der Waals surface area contributed by atoms with Gasteiger partial charge in [-0.25, -0.2) is 4.98 Å². The van der Waals surface area contributed by atoms with E-state index in [0.717, 1.165) is 0 Å². The number of aliphatic hydroxyl groups is 2. The minimum Gasteiger partial charge on any atom is -0.388 e. The molecule has 3 rings (SSSR count). The molecule has 7 nitrogen and oxygen atoms in total. The molecule has 2 fully saturated rings. The molecule has 0 aliphatic carbocycles. The third-order valence-electron chi connectivity index (χ3n) is 3.19. The second-order valence-electron chi connectivity index (χ2n) is 4.47. The highest BCUT2D eigenvalue weighted by atomic mass is 32.1. The van der Waals surface area contributed by atoms with Crippen LogP contribution in [-0.4, -0.2) is 56.3 Å². The molecule has 0 spiro atoms. The largest absolute Gasteiger partial charge is 0.388 e. The quantitative estimate of drug-likeness (QED) is 0.639. The fourth-order valence-corrected chi connectivity index (χ4v) is 2.56. The van der Waals surface area contributed by atoms with Crippen molar-refractivity contribution in [1.29, 1.82) is 0 Å². The summed E-state index contributed by atoms with van der Waals surface area (Å²) in [6.07, 6.45) is -2.58. The SMILES string of the molecule is C[C@@]12CO[C@@H](O1)[C@@H](Nc1ncsn1)[C@@H](O)[C@H]2O. The fraction of sp³-hybridized carbons (Fsp3) is 0.778. The molecule has 2 aliphatic heterocycles. The monoisotopic (exact) mass is 259 g/mol. The Morgan fingerprint density at radius 2 is 2.41 bits per heavy atom. The van der Waals surface area contributed by atoms with Crippen LogP contribution < -0.4 is 5.32 Å². The Labute approximate surface area is 102 Å². The number of hydrogen-bond donors (Lipinski definition) is 3. The van der Waals surface area contributed by atoms with Crippen LogP contribution in [-0.2, 0) is 9.47 Å². The van der Waals surface area contributed by atoms with E-state index in [4.69, 9.17) is 9.47 Å². The number of nitrogens with zero attached hydrogens (tertiary/aromatic N) is 2. The molecular weight excluding hydrogens is 246 g/mol. The maximum Gasteiger partial charge on any atom is 0.234 e. The number of fused-ring (bicyclic) bond motifs is 2. The summed E-state index contributed by atoms with van der Waals surface area (Å²) in [6.45, 7) is 1.98. The van der Waals surface area contributed by atoms with Crippen molar-refractivity contribution in [2.24, 2.45) is 0 Å². The second kappa shape index (κ2) is 3.85. The molecule has 2 aliphatic rings. The number of aliphatic hydroxyl groups excluding tert-OH is 2. The van der Waals surface area contributed by atoms with Crippen LogP contribution in [0.1, 0.15) is 6.92 Å². The van der Waals surface area contributed by atoms with Gasteiger partial charge in [-0.05, 0) is 18.5 Å². The lowest BCUT2D eigenvalue weighted by Gasteiger charge is -2.40. The Bertz CT molecular complexity index is 403. The molecule has 5 atom stereocenters. The van der Waals surface area contributed by atoms with E-state index in [9.17, 15) is 10.2 Å². The van der Waals surface area contributed by atoms with E-state index in [1.165, 1.54) is 11.5 Å². The smallest absolute Gasteiger partial charge is 0.234 e. The molecule has 0 saturated carbocycles. The van der Waals surface area contributed by atoms with Gasteiger partial charge in [0.15, 0.2) is 6.29 Å². The molecule has 0 aromatic carbocycles. The highest BCUT2D eigenvalue weighted by Crippen LogP contribution is 2.37. The molecule has 94 valence electrons. The fourth-order valence-electron chi connectivity index (χ4n) is 2.17. The van der Waals surface area contributed by atoms with E-state index in [2.05, 4.69) is 14.7 Å². The van der Waals surface area contributed by atoms with E-state index >= 15 is 0 Å². The maximum absolute atomic E-state index is 10.1. The number of ether oxygens (including phenoxy) is 2. The molecule has 3 N–H and O–H groups in total. The van der Waals surface area contributed by atoms with Gasteiger partial charge in [0.25, 0.3) is 0 Å². The predicted octanol–water partition coefficient (Wildman–Crippen LogP) is -0.814.